The number of carboxylic acids is 1. The van der Waals surface area contributed by atoms with E-state index in [2.05, 4.69) is 4.99 Å². The van der Waals surface area contributed by atoms with Crippen LogP contribution >= 0.6 is 0 Å². The number of aliphatic imine (C=N–C) groups is 1. The number of halogens is 1. The maximum atomic E-state index is 13.6. The maximum absolute atomic E-state index is 13.6. The molecule has 3 aromatic rings. The van der Waals surface area contributed by atoms with E-state index in [9.17, 15) is 9.18 Å². The smallest absolute Gasteiger partial charge is 0.335 e. The molecule has 0 atom stereocenters. The van der Waals surface area contributed by atoms with Crippen LogP contribution in [0.5, 0.6) is 11.5 Å². The Labute approximate surface area is 161 Å². The Bertz CT molecular complexity index is 1000. The van der Waals surface area contributed by atoms with Gasteiger partial charge in [-0.2, -0.15) is 0 Å². The Hall–Kier alpha value is -3.67. The van der Waals surface area contributed by atoms with Gasteiger partial charge in [0.2, 0.25) is 0 Å². The summed E-state index contributed by atoms with van der Waals surface area (Å²) in [4.78, 5) is 15.0. The Kier molecular flexibility index (Phi) is 6.01. The molecule has 0 aliphatic carbocycles. The second-order valence-electron chi connectivity index (χ2n) is 5.91. The summed E-state index contributed by atoms with van der Waals surface area (Å²) < 4.78 is 24.8. The SMILES string of the molecule is COc1cc(C=Nc2ccccc2F)ccc1OCc1ccc(C(=O)O)cc1. The van der Waals surface area contributed by atoms with Crippen LogP contribution in [0.1, 0.15) is 21.5 Å². The van der Waals surface area contributed by atoms with Crippen LogP contribution in [0.25, 0.3) is 0 Å². The average molecular weight is 379 g/mol. The maximum Gasteiger partial charge on any atom is 0.335 e. The van der Waals surface area contributed by atoms with E-state index in [1.165, 1.54) is 25.3 Å². The molecule has 0 bridgehead atoms. The molecule has 0 spiro atoms. The highest BCUT2D eigenvalue weighted by Gasteiger charge is 2.07. The summed E-state index contributed by atoms with van der Waals surface area (Å²) in [5.41, 5.74) is 2.04. The monoisotopic (exact) mass is 379 g/mol. The van der Waals surface area contributed by atoms with Gasteiger partial charge in [-0.15, -0.1) is 0 Å². The number of nitrogens with zero attached hydrogens (tertiary/aromatic N) is 1. The van der Waals surface area contributed by atoms with Crippen molar-refractivity contribution < 1.29 is 23.8 Å². The third kappa shape index (κ3) is 4.73. The third-order valence-electron chi connectivity index (χ3n) is 3.99. The fraction of sp³-hybridized carbons (Fsp3) is 0.0909. The van der Waals surface area contributed by atoms with Crippen molar-refractivity contribution in [2.24, 2.45) is 4.99 Å². The predicted octanol–water partition coefficient (Wildman–Crippen LogP) is 4.86. The topological polar surface area (TPSA) is 68.1 Å². The van der Waals surface area contributed by atoms with Crippen LogP contribution in [0.15, 0.2) is 71.7 Å². The Balaban J connectivity index is 1.70. The fourth-order valence-corrected chi connectivity index (χ4v) is 2.49. The number of hydrogen-bond acceptors (Lipinski definition) is 4. The third-order valence-corrected chi connectivity index (χ3v) is 3.99. The highest BCUT2D eigenvalue weighted by Crippen LogP contribution is 2.29. The van der Waals surface area contributed by atoms with E-state index in [0.29, 0.717) is 11.5 Å². The molecule has 0 saturated heterocycles. The minimum atomic E-state index is -0.971. The molecule has 6 heteroatoms. The van der Waals surface area contributed by atoms with Gasteiger partial charge < -0.3 is 14.6 Å². The Morgan fingerprint density at radius 2 is 1.82 bits per heavy atom. The van der Waals surface area contributed by atoms with Crippen LogP contribution in [-0.2, 0) is 6.61 Å². The molecule has 0 aliphatic heterocycles. The van der Waals surface area contributed by atoms with Crippen LogP contribution < -0.4 is 9.47 Å². The Morgan fingerprint density at radius 1 is 1.07 bits per heavy atom. The van der Waals surface area contributed by atoms with E-state index in [1.54, 1.807) is 54.7 Å². The molecule has 3 rings (SSSR count). The number of para-hydroxylation sites is 1. The molecule has 0 saturated carbocycles. The number of hydrogen-bond donors (Lipinski definition) is 1. The molecule has 0 aromatic heterocycles. The summed E-state index contributed by atoms with van der Waals surface area (Å²) in [6, 6.07) is 18.0. The first-order valence-corrected chi connectivity index (χ1v) is 8.48. The lowest BCUT2D eigenvalue weighted by Crippen LogP contribution is -2.00. The number of rotatable bonds is 7. The summed E-state index contributed by atoms with van der Waals surface area (Å²) >= 11 is 0. The largest absolute Gasteiger partial charge is 0.493 e. The van der Waals surface area contributed by atoms with Gasteiger partial charge in [-0.25, -0.2) is 9.18 Å². The lowest BCUT2D eigenvalue weighted by atomic mass is 10.1. The zero-order valence-corrected chi connectivity index (χ0v) is 15.1. The van der Waals surface area contributed by atoms with E-state index >= 15 is 0 Å². The lowest BCUT2D eigenvalue weighted by Gasteiger charge is -2.11. The number of carbonyl (C=O) groups is 1. The van der Waals surface area contributed by atoms with Crippen LogP contribution in [-0.4, -0.2) is 24.4 Å². The summed E-state index contributed by atoms with van der Waals surface area (Å²) in [7, 11) is 1.53. The highest BCUT2D eigenvalue weighted by atomic mass is 19.1. The van der Waals surface area contributed by atoms with Crippen molar-refractivity contribution in [1.82, 2.24) is 0 Å². The second-order valence-corrected chi connectivity index (χ2v) is 5.91. The van der Waals surface area contributed by atoms with E-state index in [4.69, 9.17) is 14.6 Å². The van der Waals surface area contributed by atoms with Gasteiger partial charge in [0.1, 0.15) is 12.4 Å². The molecule has 0 heterocycles. The average Bonchev–Trinajstić information content (AvgIpc) is 2.72. The summed E-state index contributed by atoms with van der Waals surface area (Å²) in [6.45, 7) is 0.263. The van der Waals surface area contributed by atoms with Crippen molar-refractivity contribution in [3.05, 3.63) is 89.2 Å². The van der Waals surface area contributed by atoms with Crippen molar-refractivity contribution in [2.45, 2.75) is 6.61 Å². The van der Waals surface area contributed by atoms with Crippen molar-refractivity contribution in [3.63, 3.8) is 0 Å². The highest BCUT2D eigenvalue weighted by molar-refractivity contribution is 5.87. The molecule has 0 radical (unpaired) electrons. The van der Waals surface area contributed by atoms with Crippen molar-refractivity contribution >= 4 is 17.9 Å². The van der Waals surface area contributed by atoms with Crippen LogP contribution in [0.3, 0.4) is 0 Å². The number of ether oxygens (including phenoxy) is 2. The van der Waals surface area contributed by atoms with Gasteiger partial charge in [0.25, 0.3) is 0 Å². The van der Waals surface area contributed by atoms with Gasteiger partial charge in [-0.3, -0.25) is 4.99 Å². The van der Waals surface area contributed by atoms with Crippen molar-refractivity contribution in [3.8, 4) is 11.5 Å². The first-order valence-electron chi connectivity index (χ1n) is 8.48. The number of aromatic carboxylic acids is 1. The summed E-state index contributed by atoms with van der Waals surface area (Å²) in [5, 5.41) is 8.93. The van der Waals surface area contributed by atoms with Crippen LogP contribution in [0, 0.1) is 5.82 Å². The normalized spacial score (nSPS) is 10.8. The fourth-order valence-electron chi connectivity index (χ4n) is 2.49. The first-order chi connectivity index (χ1) is 13.6. The molecular formula is C22H18FNO4. The van der Waals surface area contributed by atoms with Crippen molar-refractivity contribution in [1.29, 1.82) is 0 Å². The quantitative estimate of drug-likeness (QED) is 0.595. The molecule has 3 aromatic carbocycles. The van der Waals surface area contributed by atoms with Gasteiger partial charge >= 0.3 is 5.97 Å². The molecule has 0 aliphatic rings. The molecule has 142 valence electrons. The predicted molar refractivity (Wildman–Crippen MR) is 104 cm³/mol. The van der Waals surface area contributed by atoms with Gasteiger partial charge in [0.05, 0.1) is 18.4 Å². The van der Waals surface area contributed by atoms with Gasteiger partial charge in [-0.1, -0.05) is 24.3 Å². The molecule has 28 heavy (non-hydrogen) atoms. The van der Waals surface area contributed by atoms with E-state index in [1.807, 2.05) is 0 Å². The number of methoxy groups -OCH3 is 1. The second kappa shape index (κ2) is 8.81. The van der Waals surface area contributed by atoms with E-state index < -0.39 is 5.97 Å². The molecule has 0 amide bonds. The minimum Gasteiger partial charge on any atom is -0.493 e. The molecular weight excluding hydrogens is 361 g/mol. The lowest BCUT2D eigenvalue weighted by molar-refractivity contribution is 0.0697. The molecule has 1 N–H and O–H groups in total. The van der Waals surface area contributed by atoms with E-state index in [0.717, 1.165) is 11.1 Å². The zero-order valence-electron chi connectivity index (χ0n) is 15.1. The van der Waals surface area contributed by atoms with Gasteiger partial charge in [0.15, 0.2) is 11.5 Å². The Morgan fingerprint density at radius 3 is 2.50 bits per heavy atom. The van der Waals surface area contributed by atoms with Crippen molar-refractivity contribution in [2.75, 3.05) is 7.11 Å². The summed E-state index contributed by atoms with van der Waals surface area (Å²) in [6.07, 6.45) is 1.55. The van der Waals surface area contributed by atoms with Crippen LogP contribution in [0.4, 0.5) is 10.1 Å². The molecule has 0 fully saturated rings. The molecule has 0 unspecified atom stereocenters. The van der Waals surface area contributed by atoms with Gasteiger partial charge in [-0.05, 0) is 53.6 Å². The van der Waals surface area contributed by atoms with Crippen LogP contribution in [0.2, 0.25) is 0 Å². The standard InChI is InChI=1S/C22H18FNO4/c1-27-21-12-16(13-24-19-5-3-2-4-18(19)23)8-11-20(21)28-14-15-6-9-17(10-7-15)22(25)26/h2-13H,14H2,1H3,(H,25,26). The first kappa shape index (κ1) is 19.1. The number of benzene rings is 3. The summed E-state index contributed by atoms with van der Waals surface area (Å²) in [5.74, 6) is -0.311. The molecule has 5 nitrogen and oxygen atoms in total. The minimum absolute atomic E-state index is 0.222. The van der Waals surface area contributed by atoms with Gasteiger partial charge in [0, 0.05) is 6.21 Å². The number of carboxylic acid groups (broad SMARTS) is 1. The zero-order chi connectivity index (χ0) is 19.9. The van der Waals surface area contributed by atoms with E-state index in [-0.39, 0.29) is 23.7 Å².